The summed E-state index contributed by atoms with van der Waals surface area (Å²) in [5, 5.41) is 21.0. The van der Waals surface area contributed by atoms with E-state index in [-0.39, 0.29) is 11.5 Å². The highest BCUT2D eigenvalue weighted by atomic mass is 16.3. The molecular formula is C11H22N2O. The summed E-state index contributed by atoms with van der Waals surface area (Å²) in [6.07, 6.45) is 2.04. The van der Waals surface area contributed by atoms with Gasteiger partial charge >= 0.3 is 0 Å². The van der Waals surface area contributed by atoms with E-state index in [4.69, 9.17) is 5.26 Å². The van der Waals surface area contributed by atoms with Gasteiger partial charge in [-0.1, -0.05) is 20.8 Å². The van der Waals surface area contributed by atoms with Crippen LogP contribution in [0, 0.1) is 16.7 Å². The van der Waals surface area contributed by atoms with E-state index in [1.165, 1.54) is 0 Å². The van der Waals surface area contributed by atoms with E-state index in [1.807, 2.05) is 6.92 Å². The Labute approximate surface area is 87.1 Å². The van der Waals surface area contributed by atoms with Gasteiger partial charge in [0.2, 0.25) is 0 Å². The van der Waals surface area contributed by atoms with Gasteiger partial charge in [-0.3, -0.25) is 0 Å². The van der Waals surface area contributed by atoms with E-state index >= 15 is 0 Å². The van der Waals surface area contributed by atoms with Gasteiger partial charge in [-0.2, -0.15) is 5.26 Å². The quantitative estimate of drug-likeness (QED) is 0.654. The fourth-order valence-electron chi connectivity index (χ4n) is 1.20. The molecule has 1 unspecified atom stereocenters. The summed E-state index contributed by atoms with van der Waals surface area (Å²) < 4.78 is 0. The maximum atomic E-state index is 9.32. The zero-order valence-corrected chi connectivity index (χ0v) is 9.51. The Morgan fingerprint density at radius 2 is 2.14 bits per heavy atom. The van der Waals surface area contributed by atoms with Crippen molar-refractivity contribution in [2.45, 2.75) is 46.1 Å². The van der Waals surface area contributed by atoms with Gasteiger partial charge in [0.25, 0.3) is 0 Å². The number of rotatable bonds is 7. The van der Waals surface area contributed by atoms with Crippen molar-refractivity contribution in [2.75, 3.05) is 13.1 Å². The van der Waals surface area contributed by atoms with Gasteiger partial charge in [-0.05, 0) is 18.3 Å². The maximum Gasteiger partial charge on any atom is 0.0662 e. The Kier molecular flexibility index (Phi) is 6.52. The van der Waals surface area contributed by atoms with Crippen molar-refractivity contribution in [1.29, 1.82) is 5.26 Å². The van der Waals surface area contributed by atoms with Crippen molar-refractivity contribution < 1.29 is 5.11 Å². The molecule has 0 saturated heterocycles. The fourth-order valence-corrected chi connectivity index (χ4v) is 1.20. The molecule has 0 spiro atoms. The molecule has 0 fully saturated rings. The number of hydrogen-bond donors (Lipinski definition) is 2. The van der Waals surface area contributed by atoms with Crippen LogP contribution in [-0.4, -0.2) is 24.3 Å². The maximum absolute atomic E-state index is 9.32. The minimum atomic E-state index is -0.248. The second-order valence-corrected chi connectivity index (χ2v) is 4.52. The third-order valence-electron chi connectivity index (χ3n) is 2.37. The third-order valence-corrected chi connectivity index (χ3v) is 2.37. The molecule has 0 bridgehead atoms. The number of nitrogens with one attached hydrogen (secondary N) is 1. The number of aliphatic hydroxyl groups is 1. The van der Waals surface area contributed by atoms with Gasteiger partial charge in [0.15, 0.2) is 0 Å². The minimum Gasteiger partial charge on any atom is -0.392 e. The number of hydrogen-bond acceptors (Lipinski definition) is 3. The van der Waals surface area contributed by atoms with Crippen LogP contribution >= 0.6 is 0 Å². The molecule has 0 aromatic carbocycles. The molecule has 0 aliphatic heterocycles. The largest absolute Gasteiger partial charge is 0.392 e. The lowest BCUT2D eigenvalue weighted by Gasteiger charge is -2.24. The smallest absolute Gasteiger partial charge is 0.0662 e. The van der Waals surface area contributed by atoms with Crippen LogP contribution in [0.3, 0.4) is 0 Å². The third kappa shape index (κ3) is 6.88. The van der Waals surface area contributed by atoms with E-state index in [0.29, 0.717) is 13.0 Å². The van der Waals surface area contributed by atoms with E-state index in [9.17, 15) is 5.11 Å². The topological polar surface area (TPSA) is 56.0 Å². The first-order chi connectivity index (χ1) is 6.52. The molecule has 0 aliphatic carbocycles. The Hall–Kier alpha value is -0.590. The Bertz CT molecular complexity index is 184. The highest BCUT2D eigenvalue weighted by Gasteiger charge is 2.16. The highest BCUT2D eigenvalue weighted by molar-refractivity contribution is 4.79. The second kappa shape index (κ2) is 6.80. The molecule has 0 aromatic rings. The van der Waals surface area contributed by atoms with Gasteiger partial charge in [-0.15, -0.1) is 0 Å². The number of aliphatic hydroxyl groups excluding tert-OH is 1. The van der Waals surface area contributed by atoms with Gasteiger partial charge in [0.1, 0.15) is 0 Å². The van der Waals surface area contributed by atoms with Crippen molar-refractivity contribution in [2.24, 2.45) is 5.41 Å². The normalized spacial score (nSPS) is 13.6. The molecule has 3 nitrogen and oxygen atoms in total. The van der Waals surface area contributed by atoms with Crippen LogP contribution in [-0.2, 0) is 0 Å². The molecule has 1 atom stereocenters. The SMILES string of the molecule is CCC(O)CNCC(C)(C)CCC#N. The molecule has 0 aromatic heterocycles. The first-order valence-electron chi connectivity index (χ1n) is 5.27. The lowest BCUT2D eigenvalue weighted by molar-refractivity contribution is 0.161. The van der Waals surface area contributed by atoms with Crippen molar-refractivity contribution in [3.63, 3.8) is 0 Å². The van der Waals surface area contributed by atoms with Crippen LogP contribution < -0.4 is 5.32 Å². The van der Waals surface area contributed by atoms with Crippen molar-refractivity contribution in [3.8, 4) is 6.07 Å². The van der Waals surface area contributed by atoms with E-state index < -0.39 is 0 Å². The monoisotopic (exact) mass is 198 g/mol. The Balaban J connectivity index is 3.60. The predicted octanol–water partition coefficient (Wildman–Crippen LogP) is 1.68. The van der Waals surface area contributed by atoms with Crippen LogP contribution in [0.15, 0.2) is 0 Å². The van der Waals surface area contributed by atoms with Crippen LogP contribution in [0.5, 0.6) is 0 Å². The fraction of sp³-hybridized carbons (Fsp3) is 0.909. The minimum absolute atomic E-state index is 0.142. The molecule has 0 heterocycles. The van der Waals surface area contributed by atoms with E-state index in [2.05, 4.69) is 25.2 Å². The summed E-state index contributed by atoms with van der Waals surface area (Å²) in [5.41, 5.74) is 0.142. The van der Waals surface area contributed by atoms with Crippen LogP contribution in [0.2, 0.25) is 0 Å². The van der Waals surface area contributed by atoms with Gasteiger partial charge in [0, 0.05) is 19.5 Å². The summed E-state index contributed by atoms with van der Waals surface area (Å²) in [4.78, 5) is 0. The molecular weight excluding hydrogens is 176 g/mol. The first-order valence-corrected chi connectivity index (χ1v) is 5.27. The van der Waals surface area contributed by atoms with Crippen LogP contribution in [0.25, 0.3) is 0 Å². The first kappa shape index (κ1) is 13.4. The number of nitriles is 1. The Morgan fingerprint density at radius 1 is 1.50 bits per heavy atom. The molecule has 0 saturated carbocycles. The molecule has 82 valence electrons. The van der Waals surface area contributed by atoms with Gasteiger partial charge in [-0.25, -0.2) is 0 Å². The summed E-state index contributed by atoms with van der Waals surface area (Å²) in [6, 6.07) is 2.16. The van der Waals surface area contributed by atoms with E-state index in [1.54, 1.807) is 0 Å². The summed E-state index contributed by atoms with van der Waals surface area (Å²) >= 11 is 0. The summed E-state index contributed by atoms with van der Waals surface area (Å²) in [7, 11) is 0. The molecule has 0 rings (SSSR count). The van der Waals surface area contributed by atoms with E-state index in [0.717, 1.165) is 19.4 Å². The lowest BCUT2D eigenvalue weighted by atomic mass is 9.88. The zero-order chi connectivity index (χ0) is 11.0. The zero-order valence-electron chi connectivity index (χ0n) is 9.51. The summed E-state index contributed by atoms with van der Waals surface area (Å²) in [6.45, 7) is 7.73. The lowest BCUT2D eigenvalue weighted by Crippen LogP contribution is -2.34. The van der Waals surface area contributed by atoms with Gasteiger partial charge in [0.05, 0.1) is 12.2 Å². The van der Waals surface area contributed by atoms with Crippen LogP contribution in [0.4, 0.5) is 0 Å². The summed E-state index contributed by atoms with van der Waals surface area (Å²) in [5.74, 6) is 0. The highest BCUT2D eigenvalue weighted by Crippen LogP contribution is 2.20. The molecule has 0 radical (unpaired) electrons. The Morgan fingerprint density at radius 3 is 2.64 bits per heavy atom. The van der Waals surface area contributed by atoms with Gasteiger partial charge < -0.3 is 10.4 Å². The van der Waals surface area contributed by atoms with Crippen molar-refractivity contribution >= 4 is 0 Å². The molecule has 3 heteroatoms. The molecule has 0 aliphatic rings. The average Bonchev–Trinajstić information content (AvgIpc) is 2.14. The molecule has 2 N–H and O–H groups in total. The van der Waals surface area contributed by atoms with Crippen LogP contribution in [0.1, 0.15) is 40.0 Å². The number of nitrogens with zero attached hydrogens (tertiary/aromatic N) is 1. The van der Waals surface area contributed by atoms with Crippen molar-refractivity contribution in [3.05, 3.63) is 0 Å². The second-order valence-electron chi connectivity index (χ2n) is 4.52. The standard InChI is InChI=1S/C11H22N2O/c1-4-10(14)8-13-9-11(2,3)6-5-7-12/h10,13-14H,4-6,8-9H2,1-3H3. The molecule has 14 heavy (non-hydrogen) atoms. The molecule has 0 amide bonds. The van der Waals surface area contributed by atoms with Crippen molar-refractivity contribution in [1.82, 2.24) is 5.32 Å². The predicted molar refractivity (Wildman–Crippen MR) is 57.8 cm³/mol. The average molecular weight is 198 g/mol.